The Hall–Kier alpha value is -2.30. The van der Waals surface area contributed by atoms with Crippen LogP contribution in [0.15, 0.2) is 36.7 Å². The molecule has 0 saturated heterocycles. The first-order valence-corrected chi connectivity index (χ1v) is 8.76. The quantitative estimate of drug-likeness (QED) is 0.915. The van der Waals surface area contributed by atoms with E-state index in [1.54, 1.807) is 4.68 Å². The van der Waals surface area contributed by atoms with Gasteiger partial charge in [0.25, 0.3) is 0 Å². The van der Waals surface area contributed by atoms with Crippen molar-refractivity contribution in [2.24, 2.45) is 13.0 Å². The molecular formula is C19H23N3O2. The minimum Gasteiger partial charge on any atom is -0.488 e. The van der Waals surface area contributed by atoms with Gasteiger partial charge in [0, 0.05) is 19.2 Å². The maximum atomic E-state index is 12.6. The smallest absolute Gasteiger partial charge is 0.228 e. The van der Waals surface area contributed by atoms with Crippen LogP contribution in [0.4, 0.5) is 5.69 Å². The Bertz CT molecular complexity index is 734. The third-order valence-corrected chi connectivity index (χ3v) is 5.02. The van der Waals surface area contributed by atoms with Crippen molar-refractivity contribution < 1.29 is 9.53 Å². The van der Waals surface area contributed by atoms with Crippen LogP contribution in [0.1, 0.15) is 43.6 Å². The first kappa shape index (κ1) is 15.2. The van der Waals surface area contributed by atoms with E-state index in [0.29, 0.717) is 5.92 Å². The zero-order valence-electron chi connectivity index (χ0n) is 13.9. The summed E-state index contributed by atoms with van der Waals surface area (Å²) < 4.78 is 7.88. The molecule has 1 N–H and O–H groups in total. The molecule has 2 aliphatic carbocycles. The molecule has 0 aliphatic heterocycles. The molecule has 2 aliphatic rings. The minimum absolute atomic E-state index is 0.0359. The van der Waals surface area contributed by atoms with E-state index in [1.165, 1.54) is 12.8 Å². The van der Waals surface area contributed by atoms with Crippen molar-refractivity contribution in [3.8, 4) is 5.75 Å². The number of nitrogens with zero attached hydrogens (tertiary/aromatic N) is 2. The standard InChI is InChI=1S/C19H23N3O2/c1-22-12-13(11-20-22)15-10-16(15)19(23)21-17-8-4-5-9-18(17)24-14-6-2-3-7-14/h4-5,8-9,11-12,14-16H,2-3,6-7,10H2,1H3,(H,21,23)/t15-,16+/m0/s1. The molecule has 2 atom stereocenters. The van der Waals surface area contributed by atoms with E-state index in [2.05, 4.69) is 10.4 Å². The first-order valence-electron chi connectivity index (χ1n) is 8.76. The summed E-state index contributed by atoms with van der Waals surface area (Å²) in [5.74, 6) is 1.19. The van der Waals surface area contributed by atoms with Crippen LogP contribution >= 0.6 is 0 Å². The molecule has 126 valence electrons. The van der Waals surface area contributed by atoms with Gasteiger partial charge in [-0.2, -0.15) is 5.10 Å². The molecule has 1 heterocycles. The number of ether oxygens (including phenoxy) is 1. The zero-order valence-corrected chi connectivity index (χ0v) is 13.9. The van der Waals surface area contributed by atoms with Gasteiger partial charge in [0.05, 0.1) is 18.0 Å². The molecule has 1 aromatic heterocycles. The van der Waals surface area contributed by atoms with Gasteiger partial charge in [-0.05, 0) is 55.7 Å². The van der Waals surface area contributed by atoms with Crippen molar-refractivity contribution in [3.63, 3.8) is 0 Å². The van der Waals surface area contributed by atoms with Gasteiger partial charge < -0.3 is 10.1 Å². The van der Waals surface area contributed by atoms with Gasteiger partial charge in [-0.15, -0.1) is 0 Å². The second-order valence-corrected chi connectivity index (χ2v) is 6.91. The van der Waals surface area contributed by atoms with E-state index >= 15 is 0 Å². The van der Waals surface area contributed by atoms with Gasteiger partial charge in [0.15, 0.2) is 0 Å². The normalized spacial score (nSPS) is 23.2. The SMILES string of the molecule is Cn1cc([C@@H]2C[C@H]2C(=O)Nc2ccccc2OC2CCCC2)cn1. The lowest BCUT2D eigenvalue weighted by atomic mass is 10.2. The number of carbonyl (C=O) groups is 1. The van der Waals surface area contributed by atoms with Crippen LogP contribution in [0, 0.1) is 5.92 Å². The average molecular weight is 325 g/mol. The molecule has 1 amide bonds. The van der Waals surface area contributed by atoms with Crippen LogP contribution in [-0.2, 0) is 11.8 Å². The Morgan fingerprint density at radius 3 is 2.83 bits per heavy atom. The Labute approximate surface area is 142 Å². The molecule has 2 aromatic rings. The molecule has 0 unspecified atom stereocenters. The van der Waals surface area contributed by atoms with Crippen LogP contribution in [0.5, 0.6) is 5.75 Å². The second-order valence-electron chi connectivity index (χ2n) is 6.91. The molecule has 24 heavy (non-hydrogen) atoms. The lowest BCUT2D eigenvalue weighted by Gasteiger charge is -2.16. The van der Waals surface area contributed by atoms with E-state index in [1.807, 2.05) is 43.7 Å². The number of hydrogen-bond donors (Lipinski definition) is 1. The summed E-state index contributed by atoms with van der Waals surface area (Å²) in [5, 5.41) is 7.25. The molecule has 4 rings (SSSR count). The van der Waals surface area contributed by atoms with Crippen molar-refractivity contribution in [2.45, 2.75) is 44.1 Å². The fourth-order valence-corrected chi connectivity index (χ4v) is 3.57. The summed E-state index contributed by atoms with van der Waals surface area (Å²) in [5.41, 5.74) is 1.93. The van der Waals surface area contributed by atoms with Crippen molar-refractivity contribution in [3.05, 3.63) is 42.2 Å². The summed E-state index contributed by atoms with van der Waals surface area (Å²) in [6, 6.07) is 7.75. The highest BCUT2D eigenvalue weighted by Gasteiger charge is 2.44. The molecule has 2 fully saturated rings. The maximum absolute atomic E-state index is 12.6. The van der Waals surface area contributed by atoms with E-state index in [0.717, 1.165) is 36.3 Å². The van der Waals surface area contributed by atoms with E-state index in [-0.39, 0.29) is 17.9 Å². The number of rotatable bonds is 5. The van der Waals surface area contributed by atoms with Crippen molar-refractivity contribution in [1.29, 1.82) is 0 Å². The number of amides is 1. The van der Waals surface area contributed by atoms with Crippen molar-refractivity contribution in [1.82, 2.24) is 9.78 Å². The van der Waals surface area contributed by atoms with Crippen molar-refractivity contribution in [2.75, 3.05) is 5.32 Å². The maximum Gasteiger partial charge on any atom is 0.228 e. The number of aryl methyl sites for hydroxylation is 1. The van der Waals surface area contributed by atoms with E-state index < -0.39 is 0 Å². The highest BCUT2D eigenvalue weighted by Crippen LogP contribution is 2.48. The average Bonchev–Trinajstić information content (AvgIpc) is 2.98. The molecule has 5 nitrogen and oxygen atoms in total. The predicted molar refractivity (Wildman–Crippen MR) is 92.0 cm³/mol. The Balaban J connectivity index is 1.41. The summed E-state index contributed by atoms with van der Waals surface area (Å²) in [6.07, 6.45) is 9.70. The van der Waals surface area contributed by atoms with Gasteiger partial charge in [0.2, 0.25) is 5.91 Å². The van der Waals surface area contributed by atoms with Crippen LogP contribution in [0.2, 0.25) is 0 Å². The molecule has 0 spiro atoms. The topological polar surface area (TPSA) is 56.2 Å². The summed E-state index contributed by atoms with van der Waals surface area (Å²) in [6.45, 7) is 0. The fourth-order valence-electron chi connectivity index (χ4n) is 3.57. The third-order valence-electron chi connectivity index (χ3n) is 5.02. The van der Waals surface area contributed by atoms with Crippen LogP contribution in [0.25, 0.3) is 0 Å². The number of nitrogens with one attached hydrogen (secondary N) is 1. The van der Waals surface area contributed by atoms with Crippen LogP contribution in [0.3, 0.4) is 0 Å². The number of hydrogen-bond acceptors (Lipinski definition) is 3. The summed E-state index contributed by atoms with van der Waals surface area (Å²) in [4.78, 5) is 12.6. The van der Waals surface area contributed by atoms with E-state index in [4.69, 9.17) is 4.74 Å². The summed E-state index contributed by atoms with van der Waals surface area (Å²) >= 11 is 0. The fraction of sp³-hybridized carbons (Fsp3) is 0.474. The number of carbonyl (C=O) groups excluding carboxylic acids is 1. The Morgan fingerprint density at radius 2 is 2.08 bits per heavy atom. The van der Waals surface area contributed by atoms with Gasteiger partial charge in [-0.3, -0.25) is 9.48 Å². The lowest BCUT2D eigenvalue weighted by Crippen LogP contribution is -2.17. The number of para-hydroxylation sites is 2. The van der Waals surface area contributed by atoms with Gasteiger partial charge in [0.1, 0.15) is 5.75 Å². The molecule has 0 bridgehead atoms. The van der Waals surface area contributed by atoms with Gasteiger partial charge in [-0.1, -0.05) is 12.1 Å². The minimum atomic E-state index is 0.0359. The van der Waals surface area contributed by atoms with Gasteiger partial charge in [-0.25, -0.2) is 0 Å². The Morgan fingerprint density at radius 1 is 1.29 bits per heavy atom. The predicted octanol–water partition coefficient (Wildman–Crippen LogP) is 3.48. The van der Waals surface area contributed by atoms with Crippen molar-refractivity contribution >= 4 is 11.6 Å². The number of anilines is 1. The molecule has 2 saturated carbocycles. The van der Waals surface area contributed by atoms with Crippen LogP contribution < -0.4 is 10.1 Å². The highest BCUT2D eigenvalue weighted by molar-refractivity contribution is 5.96. The zero-order chi connectivity index (χ0) is 16.5. The molecule has 0 radical (unpaired) electrons. The summed E-state index contributed by atoms with van der Waals surface area (Å²) in [7, 11) is 1.90. The largest absolute Gasteiger partial charge is 0.488 e. The third kappa shape index (κ3) is 3.16. The number of aromatic nitrogens is 2. The molecule has 1 aromatic carbocycles. The highest BCUT2D eigenvalue weighted by atomic mass is 16.5. The Kier molecular flexibility index (Phi) is 4.00. The lowest BCUT2D eigenvalue weighted by molar-refractivity contribution is -0.117. The van der Waals surface area contributed by atoms with Gasteiger partial charge >= 0.3 is 0 Å². The first-order chi connectivity index (χ1) is 11.7. The number of benzene rings is 1. The molecule has 5 heteroatoms. The van der Waals surface area contributed by atoms with Crippen LogP contribution in [-0.4, -0.2) is 21.8 Å². The monoisotopic (exact) mass is 325 g/mol. The second kappa shape index (κ2) is 6.30. The molecular weight excluding hydrogens is 302 g/mol. The van der Waals surface area contributed by atoms with E-state index in [9.17, 15) is 4.79 Å².